The van der Waals surface area contributed by atoms with Crippen LogP contribution in [0.2, 0.25) is 0 Å². The molecule has 0 spiro atoms. The van der Waals surface area contributed by atoms with Crippen LogP contribution in [0.5, 0.6) is 0 Å². The highest BCUT2D eigenvalue weighted by molar-refractivity contribution is 5.77. The first-order chi connectivity index (χ1) is 12.6. The van der Waals surface area contributed by atoms with Crippen LogP contribution < -0.4 is 0 Å². The number of carbonyl (C=O) groups excluding carboxylic acids is 2. The van der Waals surface area contributed by atoms with E-state index in [0.29, 0.717) is 19.1 Å². The second-order valence-electron chi connectivity index (χ2n) is 9.77. The van der Waals surface area contributed by atoms with E-state index in [0.717, 1.165) is 17.8 Å². The molecule has 0 aromatic heterocycles. The molecular weight excluding hydrogens is 328 g/mol. The van der Waals surface area contributed by atoms with Crippen molar-refractivity contribution in [1.29, 1.82) is 0 Å². The molecule has 0 aromatic carbocycles. The summed E-state index contributed by atoms with van der Waals surface area (Å²) in [4.78, 5) is 24.0. The van der Waals surface area contributed by atoms with Gasteiger partial charge in [-0.3, -0.25) is 9.59 Å². The number of hydrogen-bond acceptors (Lipinski definition) is 4. The first-order valence-corrected chi connectivity index (χ1v) is 10.9. The average Bonchev–Trinajstić information content (AvgIpc) is 2.63. The van der Waals surface area contributed by atoms with E-state index in [1.807, 2.05) is 0 Å². The SMILES string of the molecule is O=C(CCC(=O)OCC12CC3CC(CC(C3)C1)C2)OCC1CCCCC1. The van der Waals surface area contributed by atoms with Crippen molar-refractivity contribution in [3.63, 3.8) is 0 Å². The quantitative estimate of drug-likeness (QED) is 0.619. The molecule has 5 aliphatic carbocycles. The summed E-state index contributed by atoms with van der Waals surface area (Å²) in [6, 6.07) is 0. The summed E-state index contributed by atoms with van der Waals surface area (Å²) >= 11 is 0. The number of ether oxygens (including phenoxy) is 2. The highest BCUT2D eigenvalue weighted by Gasteiger charge is 2.51. The third kappa shape index (κ3) is 4.43. The van der Waals surface area contributed by atoms with Gasteiger partial charge in [-0.05, 0) is 75.0 Å². The fraction of sp³-hybridized carbons (Fsp3) is 0.909. The monoisotopic (exact) mass is 362 g/mol. The Morgan fingerprint density at radius 3 is 1.88 bits per heavy atom. The highest BCUT2D eigenvalue weighted by atomic mass is 16.5. The standard InChI is InChI=1S/C22H34O4/c23-20(25-14-16-4-2-1-3-5-16)6-7-21(24)26-15-22-11-17-8-18(12-22)10-19(9-17)13-22/h16-19H,1-15H2. The maximum absolute atomic E-state index is 12.1. The molecule has 0 atom stereocenters. The zero-order valence-electron chi connectivity index (χ0n) is 16.0. The molecule has 4 bridgehead atoms. The molecular formula is C22H34O4. The summed E-state index contributed by atoms with van der Waals surface area (Å²) in [5.41, 5.74) is 0.256. The summed E-state index contributed by atoms with van der Waals surface area (Å²) < 4.78 is 11.0. The Balaban J connectivity index is 1.14. The molecule has 0 saturated heterocycles. The molecule has 5 aliphatic rings. The van der Waals surface area contributed by atoms with Crippen LogP contribution in [-0.2, 0) is 19.1 Å². The topological polar surface area (TPSA) is 52.6 Å². The second kappa shape index (κ2) is 7.90. The second-order valence-corrected chi connectivity index (χ2v) is 9.77. The average molecular weight is 363 g/mol. The Morgan fingerprint density at radius 1 is 0.769 bits per heavy atom. The van der Waals surface area contributed by atoms with Crippen molar-refractivity contribution in [3.8, 4) is 0 Å². The molecule has 5 rings (SSSR count). The van der Waals surface area contributed by atoms with Gasteiger partial charge in [-0.2, -0.15) is 0 Å². The zero-order valence-corrected chi connectivity index (χ0v) is 16.0. The highest BCUT2D eigenvalue weighted by Crippen LogP contribution is 2.60. The molecule has 4 heteroatoms. The van der Waals surface area contributed by atoms with Gasteiger partial charge >= 0.3 is 11.9 Å². The van der Waals surface area contributed by atoms with E-state index in [9.17, 15) is 9.59 Å². The predicted molar refractivity (Wildman–Crippen MR) is 98.3 cm³/mol. The Labute approximate surface area is 157 Å². The number of esters is 2. The lowest BCUT2D eigenvalue weighted by Crippen LogP contribution is -2.48. The van der Waals surface area contributed by atoms with Gasteiger partial charge in [0.1, 0.15) is 0 Å². The summed E-state index contributed by atoms with van der Waals surface area (Å²) in [6.45, 7) is 1.10. The van der Waals surface area contributed by atoms with E-state index >= 15 is 0 Å². The Bertz CT molecular complexity index is 485. The number of rotatable bonds is 7. The molecule has 5 saturated carbocycles. The maximum atomic E-state index is 12.1. The summed E-state index contributed by atoms with van der Waals surface area (Å²) in [5, 5.41) is 0. The van der Waals surface area contributed by atoms with Crippen LogP contribution in [0.25, 0.3) is 0 Å². The molecule has 0 aliphatic heterocycles. The molecule has 0 heterocycles. The van der Waals surface area contributed by atoms with Gasteiger partial charge in [0.2, 0.25) is 0 Å². The normalized spacial score (nSPS) is 36.1. The van der Waals surface area contributed by atoms with Crippen LogP contribution in [0.15, 0.2) is 0 Å². The number of carbonyl (C=O) groups is 2. The maximum Gasteiger partial charge on any atom is 0.306 e. The van der Waals surface area contributed by atoms with E-state index in [2.05, 4.69) is 0 Å². The third-order valence-corrected chi connectivity index (χ3v) is 7.44. The lowest BCUT2D eigenvalue weighted by Gasteiger charge is -2.56. The molecule has 146 valence electrons. The summed E-state index contributed by atoms with van der Waals surface area (Å²) in [7, 11) is 0. The molecule has 0 radical (unpaired) electrons. The minimum absolute atomic E-state index is 0.159. The molecule has 5 fully saturated rings. The molecule has 0 unspecified atom stereocenters. The van der Waals surface area contributed by atoms with E-state index in [-0.39, 0.29) is 30.2 Å². The molecule has 26 heavy (non-hydrogen) atoms. The van der Waals surface area contributed by atoms with Crippen molar-refractivity contribution in [2.45, 2.75) is 83.5 Å². The van der Waals surface area contributed by atoms with Gasteiger partial charge in [-0.25, -0.2) is 0 Å². The third-order valence-electron chi connectivity index (χ3n) is 7.44. The largest absolute Gasteiger partial charge is 0.465 e. The summed E-state index contributed by atoms with van der Waals surface area (Å²) in [6.07, 6.45) is 14.4. The Kier molecular flexibility index (Phi) is 5.56. The minimum Gasteiger partial charge on any atom is -0.465 e. The van der Waals surface area contributed by atoms with Gasteiger partial charge < -0.3 is 9.47 Å². The first kappa shape index (κ1) is 18.3. The van der Waals surface area contributed by atoms with Crippen LogP contribution in [0.1, 0.15) is 83.5 Å². The van der Waals surface area contributed by atoms with Crippen LogP contribution >= 0.6 is 0 Å². The summed E-state index contributed by atoms with van der Waals surface area (Å²) in [5.74, 6) is 2.66. The fourth-order valence-electron chi connectivity index (χ4n) is 6.61. The van der Waals surface area contributed by atoms with Crippen molar-refractivity contribution in [1.82, 2.24) is 0 Å². The minimum atomic E-state index is -0.248. The van der Waals surface area contributed by atoms with E-state index < -0.39 is 0 Å². The van der Waals surface area contributed by atoms with Crippen molar-refractivity contribution >= 4 is 11.9 Å². The lowest BCUT2D eigenvalue weighted by atomic mass is 9.50. The van der Waals surface area contributed by atoms with Gasteiger partial charge in [0.05, 0.1) is 26.1 Å². The van der Waals surface area contributed by atoms with Crippen LogP contribution in [-0.4, -0.2) is 25.2 Å². The van der Waals surface area contributed by atoms with Crippen LogP contribution in [0.3, 0.4) is 0 Å². The predicted octanol–water partition coefficient (Wildman–Crippen LogP) is 4.65. The molecule has 0 amide bonds. The van der Waals surface area contributed by atoms with Gasteiger partial charge in [-0.15, -0.1) is 0 Å². The fourth-order valence-corrected chi connectivity index (χ4v) is 6.61. The van der Waals surface area contributed by atoms with Crippen molar-refractivity contribution in [3.05, 3.63) is 0 Å². The molecule has 0 N–H and O–H groups in total. The van der Waals surface area contributed by atoms with Gasteiger partial charge in [0.15, 0.2) is 0 Å². The van der Waals surface area contributed by atoms with E-state index in [4.69, 9.17) is 9.47 Å². The zero-order chi connectivity index (χ0) is 18.0. The molecule has 4 nitrogen and oxygen atoms in total. The molecule has 0 aromatic rings. The van der Waals surface area contributed by atoms with E-state index in [1.54, 1.807) is 0 Å². The van der Waals surface area contributed by atoms with Crippen LogP contribution in [0.4, 0.5) is 0 Å². The van der Waals surface area contributed by atoms with Crippen LogP contribution in [0, 0.1) is 29.1 Å². The van der Waals surface area contributed by atoms with E-state index in [1.165, 1.54) is 70.6 Å². The number of hydrogen-bond donors (Lipinski definition) is 0. The van der Waals surface area contributed by atoms with Crippen molar-refractivity contribution in [2.24, 2.45) is 29.1 Å². The Hall–Kier alpha value is -1.06. The van der Waals surface area contributed by atoms with Gasteiger partial charge in [-0.1, -0.05) is 19.3 Å². The smallest absolute Gasteiger partial charge is 0.306 e. The van der Waals surface area contributed by atoms with Crippen molar-refractivity contribution < 1.29 is 19.1 Å². The first-order valence-electron chi connectivity index (χ1n) is 10.9. The van der Waals surface area contributed by atoms with Gasteiger partial charge in [0.25, 0.3) is 0 Å². The lowest BCUT2D eigenvalue weighted by molar-refractivity contribution is -0.158. The Morgan fingerprint density at radius 2 is 1.31 bits per heavy atom. The van der Waals surface area contributed by atoms with Gasteiger partial charge in [0, 0.05) is 5.41 Å². The van der Waals surface area contributed by atoms with Crippen molar-refractivity contribution in [2.75, 3.05) is 13.2 Å².